The van der Waals surface area contributed by atoms with E-state index in [-0.39, 0.29) is 36.9 Å². The molecule has 1 amide bonds. The standard InChI is InChI=1S/C16H25FN2O3.ClH/c1-10(9-19-15(20)22-16(3,4)5)21-14-7-6-12(17)8-13(14)11(2)18;/h6-8,10-11H,9,18H2,1-5H3,(H,19,20);1H/t10-,11+;/m0./s1. The number of carbonyl (C=O) groups excluding carboxylic acids is 1. The van der Waals surface area contributed by atoms with Crippen molar-refractivity contribution in [1.82, 2.24) is 5.32 Å². The summed E-state index contributed by atoms with van der Waals surface area (Å²) in [4.78, 5) is 11.6. The van der Waals surface area contributed by atoms with Crippen molar-refractivity contribution in [1.29, 1.82) is 0 Å². The molecule has 1 aromatic carbocycles. The van der Waals surface area contributed by atoms with Crippen LogP contribution in [0, 0.1) is 5.82 Å². The molecular weight excluding hydrogens is 323 g/mol. The molecule has 0 saturated heterocycles. The molecule has 7 heteroatoms. The number of halogens is 2. The molecule has 0 fully saturated rings. The normalized spacial score (nSPS) is 13.5. The summed E-state index contributed by atoms with van der Waals surface area (Å²) in [6.07, 6.45) is -0.815. The Bertz CT molecular complexity index is 519. The molecule has 0 aliphatic rings. The third kappa shape index (κ3) is 8.04. The van der Waals surface area contributed by atoms with Crippen LogP contribution in [0.25, 0.3) is 0 Å². The fourth-order valence-corrected chi connectivity index (χ4v) is 1.78. The van der Waals surface area contributed by atoms with Gasteiger partial charge in [-0.05, 0) is 52.8 Å². The number of hydrogen-bond donors (Lipinski definition) is 2. The van der Waals surface area contributed by atoms with E-state index in [1.807, 2.05) is 0 Å². The van der Waals surface area contributed by atoms with E-state index in [2.05, 4.69) is 5.32 Å². The van der Waals surface area contributed by atoms with E-state index in [4.69, 9.17) is 15.2 Å². The largest absolute Gasteiger partial charge is 0.489 e. The minimum atomic E-state index is -0.548. The first-order valence-electron chi connectivity index (χ1n) is 7.27. The van der Waals surface area contributed by atoms with E-state index >= 15 is 0 Å². The van der Waals surface area contributed by atoms with Crippen molar-refractivity contribution in [2.75, 3.05) is 6.54 Å². The van der Waals surface area contributed by atoms with Crippen LogP contribution in [0.15, 0.2) is 18.2 Å². The minimum absolute atomic E-state index is 0. The molecular formula is C16H26ClFN2O3. The number of nitrogens with one attached hydrogen (secondary N) is 1. The van der Waals surface area contributed by atoms with Gasteiger partial charge in [0.15, 0.2) is 0 Å². The lowest BCUT2D eigenvalue weighted by Crippen LogP contribution is -2.37. The molecule has 3 N–H and O–H groups in total. The minimum Gasteiger partial charge on any atom is -0.489 e. The van der Waals surface area contributed by atoms with Crippen molar-refractivity contribution >= 4 is 18.5 Å². The van der Waals surface area contributed by atoms with Crippen LogP contribution in [0.4, 0.5) is 9.18 Å². The molecule has 23 heavy (non-hydrogen) atoms. The van der Waals surface area contributed by atoms with Crippen molar-refractivity contribution < 1.29 is 18.7 Å². The zero-order chi connectivity index (χ0) is 16.9. The third-order valence-corrected chi connectivity index (χ3v) is 2.72. The molecule has 2 atom stereocenters. The number of nitrogens with two attached hydrogens (primary N) is 1. The Balaban J connectivity index is 0.00000484. The summed E-state index contributed by atoms with van der Waals surface area (Å²) in [5.41, 5.74) is 5.85. The van der Waals surface area contributed by atoms with Crippen LogP contribution in [0.5, 0.6) is 5.75 Å². The van der Waals surface area contributed by atoms with Gasteiger partial charge in [0.2, 0.25) is 0 Å². The lowest BCUT2D eigenvalue weighted by atomic mass is 10.1. The van der Waals surface area contributed by atoms with Gasteiger partial charge in [0, 0.05) is 11.6 Å². The van der Waals surface area contributed by atoms with Crippen molar-refractivity contribution in [3.8, 4) is 5.75 Å². The number of benzene rings is 1. The van der Waals surface area contributed by atoms with Gasteiger partial charge in [0.1, 0.15) is 23.3 Å². The molecule has 0 radical (unpaired) electrons. The van der Waals surface area contributed by atoms with Gasteiger partial charge in [-0.2, -0.15) is 0 Å². The average molecular weight is 349 g/mol. The van der Waals surface area contributed by atoms with Crippen LogP contribution < -0.4 is 15.8 Å². The van der Waals surface area contributed by atoms with Crippen LogP contribution in [-0.2, 0) is 4.74 Å². The first-order valence-corrected chi connectivity index (χ1v) is 7.27. The van der Waals surface area contributed by atoms with Gasteiger partial charge >= 0.3 is 6.09 Å². The summed E-state index contributed by atoms with van der Waals surface area (Å²) >= 11 is 0. The van der Waals surface area contributed by atoms with Gasteiger partial charge in [0.05, 0.1) is 6.54 Å². The molecule has 0 spiro atoms. The number of ether oxygens (including phenoxy) is 2. The van der Waals surface area contributed by atoms with E-state index in [1.165, 1.54) is 18.2 Å². The maximum atomic E-state index is 13.3. The van der Waals surface area contributed by atoms with Crippen molar-refractivity contribution in [3.63, 3.8) is 0 Å². The summed E-state index contributed by atoms with van der Waals surface area (Å²) < 4.78 is 24.1. The van der Waals surface area contributed by atoms with Crippen LogP contribution in [0.2, 0.25) is 0 Å². The lowest BCUT2D eigenvalue weighted by molar-refractivity contribution is 0.0504. The quantitative estimate of drug-likeness (QED) is 0.853. The fourth-order valence-electron chi connectivity index (χ4n) is 1.78. The molecule has 1 rings (SSSR count). The van der Waals surface area contributed by atoms with E-state index in [0.717, 1.165) is 0 Å². The summed E-state index contributed by atoms with van der Waals surface area (Å²) in [6.45, 7) is 9.20. The molecule has 0 unspecified atom stereocenters. The molecule has 0 heterocycles. The number of alkyl carbamates (subject to hydrolysis) is 1. The molecule has 0 saturated carbocycles. The summed E-state index contributed by atoms with van der Waals surface area (Å²) in [5, 5.41) is 2.63. The monoisotopic (exact) mass is 348 g/mol. The molecule has 5 nitrogen and oxygen atoms in total. The first kappa shape index (κ1) is 21.5. The predicted octanol–water partition coefficient (Wildman–Crippen LogP) is 3.56. The Hall–Kier alpha value is -1.53. The Labute approximate surface area is 143 Å². The van der Waals surface area contributed by atoms with E-state index in [0.29, 0.717) is 11.3 Å². The predicted molar refractivity (Wildman–Crippen MR) is 90.6 cm³/mol. The van der Waals surface area contributed by atoms with Gasteiger partial charge in [-0.25, -0.2) is 9.18 Å². The highest BCUT2D eigenvalue weighted by molar-refractivity contribution is 5.85. The highest BCUT2D eigenvalue weighted by Crippen LogP contribution is 2.25. The van der Waals surface area contributed by atoms with Gasteiger partial charge in [-0.3, -0.25) is 0 Å². The third-order valence-electron chi connectivity index (χ3n) is 2.72. The Morgan fingerprint density at radius 2 is 1.96 bits per heavy atom. The molecule has 132 valence electrons. The number of hydrogen-bond acceptors (Lipinski definition) is 4. The SMILES string of the molecule is C[C@@H](CNC(=O)OC(C)(C)C)Oc1ccc(F)cc1[C@@H](C)N.Cl. The van der Waals surface area contributed by atoms with Gasteiger partial charge < -0.3 is 20.5 Å². The molecule has 1 aromatic rings. The maximum Gasteiger partial charge on any atom is 0.407 e. The fraction of sp³-hybridized carbons (Fsp3) is 0.562. The summed E-state index contributed by atoms with van der Waals surface area (Å²) in [7, 11) is 0. The smallest absolute Gasteiger partial charge is 0.407 e. The van der Waals surface area contributed by atoms with Gasteiger partial charge in [-0.15, -0.1) is 12.4 Å². The zero-order valence-electron chi connectivity index (χ0n) is 14.2. The highest BCUT2D eigenvalue weighted by Gasteiger charge is 2.17. The average Bonchev–Trinajstić information content (AvgIpc) is 2.36. The number of carbonyl (C=O) groups is 1. The molecule has 0 aliphatic carbocycles. The Morgan fingerprint density at radius 1 is 1.35 bits per heavy atom. The van der Waals surface area contributed by atoms with Gasteiger partial charge in [-0.1, -0.05) is 0 Å². The second-order valence-corrected chi connectivity index (χ2v) is 6.28. The van der Waals surface area contributed by atoms with E-state index < -0.39 is 11.7 Å². The van der Waals surface area contributed by atoms with E-state index in [1.54, 1.807) is 34.6 Å². The van der Waals surface area contributed by atoms with Crippen LogP contribution in [0.1, 0.15) is 46.2 Å². The first-order chi connectivity index (χ1) is 10.1. The van der Waals surface area contributed by atoms with Crippen molar-refractivity contribution in [2.45, 2.75) is 52.4 Å². The van der Waals surface area contributed by atoms with E-state index in [9.17, 15) is 9.18 Å². The topological polar surface area (TPSA) is 73.6 Å². The van der Waals surface area contributed by atoms with Crippen LogP contribution in [-0.4, -0.2) is 24.3 Å². The van der Waals surface area contributed by atoms with Crippen molar-refractivity contribution in [2.24, 2.45) is 5.73 Å². The van der Waals surface area contributed by atoms with Crippen LogP contribution >= 0.6 is 12.4 Å². The summed E-state index contributed by atoms with van der Waals surface area (Å²) in [5.74, 6) is 0.147. The Morgan fingerprint density at radius 3 is 2.48 bits per heavy atom. The second-order valence-electron chi connectivity index (χ2n) is 6.28. The van der Waals surface area contributed by atoms with Crippen molar-refractivity contribution in [3.05, 3.63) is 29.6 Å². The zero-order valence-corrected chi connectivity index (χ0v) is 15.0. The lowest BCUT2D eigenvalue weighted by Gasteiger charge is -2.22. The van der Waals surface area contributed by atoms with Gasteiger partial charge in [0.25, 0.3) is 0 Å². The van der Waals surface area contributed by atoms with Crippen LogP contribution in [0.3, 0.4) is 0 Å². The number of amides is 1. The molecule has 0 aliphatic heterocycles. The molecule has 0 aromatic heterocycles. The summed E-state index contributed by atoms with van der Waals surface area (Å²) in [6, 6.07) is 3.86. The Kier molecular flexibility index (Phi) is 8.34. The molecule has 0 bridgehead atoms. The second kappa shape index (κ2) is 8.93. The maximum absolute atomic E-state index is 13.3. The highest BCUT2D eigenvalue weighted by atomic mass is 35.5. The number of rotatable bonds is 5.